The Labute approximate surface area is 196 Å². The van der Waals surface area contributed by atoms with Crippen LogP contribution in [0.5, 0.6) is 0 Å². The van der Waals surface area contributed by atoms with Crippen LogP contribution in [0.2, 0.25) is 0 Å². The monoisotopic (exact) mass is 531 g/mol. The molecule has 0 aliphatic heterocycles. The average Bonchev–Trinajstić information content (AvgIpc) is 3.18. The Morgan fingerprint density at radius 1 is 1.21 bits per heavy atom. The second-order valence-corrected chi connectivity index (χ2v) is 7.46. The minimum Gasteiger partial charge on any atom is -0.385 e. The molecule has 0 unspecified atom stereocenters. The minimum atomic E-state index is 0. The summed E-state index contributed by atoms with van der Waals surface area (Å²) in [5, 5.41) is 9.94. The number of ether oxygens (including phenoxy) is 1. The SMILES string of the molecule is CCNC(=NCCN(C)CCCOC)NCCc1csc(-c2ccccc2)n1.I. The number of guanidine groups is 1. The van der Waals surface area contributed by atoms with E-state index in [0.717, 1.165) is 68.8 Å². The molecule has 1 heterocycles. The molecular weight excluding hydrogens is 497 g/mol. The van der Waals surface area contributed by atoms with E-state index in [2.05, 4.69) is 52.0 Å². The molecular formula is C21H34IN5OS. The van der Waals surface area contributed by atoms with Crippen LogP contribution in [0.4, 0.5) is 0 Å². The predicted octanol–water partition coefficient (Wildman–Crippen LogP) is 3.49. The van der Waals surface area contributed by atoms with Crippen molar-refractivity contribution in [1.82, 2.24) is 20.5 Å². The van der Waals surface area contributed by atoms with E-state index < -0.39 is 0 Å². The summed E-state index contributed by atoms with van der Waals surface area (Å²) < 4.78 is 5.10. The molecule has 0 saturated carbocycles. The van der Waals surface area contributed by atoms with Gasteiger partial charge in [0.2, 0.25) is 0 Å². The van der Waals surface area contributed by atoms with Crippen molar-refractivity contribution < 1.29 is 4.74 Å². The van der Waals surface area contributed by atoms with Gasteiger partial charge < -0.3 is 20.3 Å². The fourth-order valence-corrected chi connectivity index (χ4v) is 3.57. The van der Waals surface area contributed by atoms with Gasteiger partial charge in [0.25, 0.3) is 0 Å². The van der Waals surface area contributed by atoms with Gasteiger partial charge in [-0.3, -0.25) is 4.99 Å². The number of rotatable bonds is 12. The lowest BCUT2D eigenvalue weighted by molar-refractivity contribution is 0.180. The van der Waals surface area contributed by atoms with Crippen LogP contribution < -0.4 is 10.6 Å². The van der Waals surface area contributed by atoms with Gasteiger partial charge in [0.05, 0.1) is 12.2 Å². The first kappa shape index (κ1) is 25.8. The number of halogens is 1. The van der Waals surface area contributed by atoms with E-state index in [4.69, 9.17) is 9.72 Å². The first-order chi connectivity index (χ1) is 13.7. The van der Waals surface area contributed by atoms with Crippen LogP contribution >= 0.6 is 35.3 Å². The zero-order valence-corrected chi connectivity index (χ0v) is 20.8. The molecule has 8 heteroatoms. The molecule has 0 atom stereocenters. The Morgan fingerprint density at radius 2 is 2.00 bits per heavy atom. The molecule has 0 aliphatic carbocycles. The maximum Gasteiger partial charge on any atom is 0.191 e. The lowest BCUT2D eigenvalue weighted by Gasteiger charge is -2.16. The summed E-state index contributed by atoms with van der Waals surface area (Å²) in [5.41, 5.74) is 2.29. The topological polar surface area (TPSA) is 61.8 Å². The van der Waals surface area contributed by atoms with Crippen molar-refractivity contribution in [3.8, 4) is 10.6 Å². The van der Waals surface area contributed by atoms with Crippen LogP contribution in [-0.4, -0.2) is 69.3 Å². The summed E-state index contributed by atoms with van der Waals surface area (Å²) >= 11 is 1.70. The third kappa shape index (κ3) is 10.4. The molecule has 0 aliphatic rings. The molecule has 0 bridgehead atoms. The maximum atomic E-state index is 5.10. The maximum absolute atomic E-state index is 5.10. The van der Waals surface area contributed by atoms with E-state index in [9.17, 15) is 0 Å². The van der Waals surface area contributed by atoms with E-state index in [1.54, 1.807) is 18.4 Å². The van der Waals surface area contributed by atoms with Crippen molar-refractivity contribution in [3.63, 3.8) is 0 Å². The smallest absolute Gasteiger partial charge is 0.191 e. The Balaban J connectivity index is 0.00000420. The normalized spacial score (nSPS) is 11.4. The van der Waals surface area contributed by atoms with Gasteiger partial charge in [-0.1, -0.05) is 30.3 Å². The van der Waals surface area contributed by atoms with Crippen molar-refractivity contribution in [3.05, 3.63) is 41.4 Å². The van der Waals surface area contributed by atoms with Crippen LogP contribution in [0.25, 0.3) is 10.6 Å². The largest absolute Gasteiger partial charge is 0.385 e. The molecule has 0 radical (unpaired) electrons. The lowest BCUT2D eigenvalue weighted by Crippen LogP contribution is -2.39. The Hall–Kier alpha value is -1.23. The van der Waals surface area contributed by atoms with E-state index in [1.165, 1.54) is 5.56 Å². The van der Waals surface area contributed by atoms with E-state index in [1.807, 2.05) is 18.2 Å². The summed E-state index contributed by atoms with van der Waals surface area (Å²) in [7, 11) is 3.87. The van der Waals surface area contributed by atoms with Gasteiger partial charge >= 0.3 is 0 Å². The first-order valence-corrected chi connectivity index (χ1v) is 10.8. The molecule has 0 fully saturated rings. The highest BCUT2D eigenvalue weighted by molar-refractivity contribution is 14.0. The summed E-state index contributed by atoms with van der Waals surface area (Å²) in [6.07, 6.45) is 1.93. The number of nitrogens with one attached hydrogen (secondary N) is 2. The van der Waals surface area contributed by atoms with Crippen molar-refractivity contribution in [1.29, 1.82) is 0 Å². The van der Waals surface area contributed by atoms with Crippen LogP contribution in [0.3, 0.4) is 0 Å². The number of thiazole rings is 1. The number of aromatic nitrogens is 1. The van der Waals surface area contributed by atoms with E-state index >= 15 is 0 Å². The molecule has 2 rings (SSSR count). The Morgan fingerprint density at radius 3 is 2.72 bits per heavy atom. The van der Waals surface area contributed by atoms with Gasteiger partial charge in [0, 0.05) is 57.3 Å². The fraction of sp³-hybridized carbons (Fsp3) is 0.524. The highest BCUT2D eigenvalue weighted by Gasteiger charge is 2.05. The third-order valence-electron chi connectivity index (χ3n) is 4.23. The van der Waals surface area contributed by atoms with E-state index in [0.29, 0.717) is 0 Å². The first-order valence-electron chi connectivity index (χ1n) is 9.92. The zero-order chi connectivity index (χ0) is 20.0. The van der Waals surface area contributed by atoms with E-state index in [-0.39, 0.29) is 24.0 Å². The second-order valence-electron chi connectivity index (χ2n) is 6.60. The molecule has 2 aromatic rings. The molecule has 29 heavy (non-hydrogen) atoms. The summed E-state index contributed by atoms with van der Waals surface area (Å²) in [5.74, 6) is 0.867. The molecule has 1 aromatic heterocycles. The standard InChI is InChI=1S/C21H33N5OS.HI/c1-4-22-21(24-13-15-26(2)14-8-16-27-3)23-12-11-19-17-28-20(25-19)18-9-6-5-7-10-18;/h5-7,9-10,17H,4,8,11-16H2,1-3H3,(H2,22,23,24);1H. The number of methoxy groups -OCH3 is 1. The van der Waals surface area contributed by atoms with Crippen LogP contribution in [-0.2, 0) is 11.2 Å². The number of hydrogen-bond acceptors (Lipinski definition) is 5. The number of hydrogen-bond donors (Lipinski definition) is 2. The van der Waals surface area contributed by atoms with Crippen LogP contribution in [0.1, 0.15) is 19.0 Å². The molecule has 1 aromatic carbocycles. The van der Waals surface area contributed by atoms with Crippen LogP contribution in [0.15, 0.2) is 40.7 Å². The van der Waals surface area contributed by atoms with Gasteiger partial charge in [-0.15, -0.1) is 35.3 Å². The number of likely N-dealkylation sites (N-methyl/N-ethyl adjacent to an activating group) is 1. The van der Waals surface area contributed by atoms with Crippen molar-refractivity contribution in [2.45, 2.75) is 19.8 Å². The molecule has 0 saturated heterocycles. The highest BCUT2D eigenvalue weighted by Crippen LogP contribution is 2.23. The predicted molar refractivity (Wildman–Crippen MR) is 135 cm³/mol. The van der Waals surface area contributed by atoms with Crippen molar-refractivity contribution in [2.75, 3.05) is 53.5 Å². The minimum absolute atomic E-state index is 0. The average molecular weight is 532 g/mol. The van der Waals surface area contributed by atoms with Gasteiger partial charge in [-0.05, 0) is 20.4 Å². The lowest BCUT2D eigenvalue weighted by atomic mass is 10.2. The second kappa shape index (κ2) is 15.6. The summed E-state index contributed by atoms with van der Waals surface area (Å²) in [6.45, 7) is 7.29. The number of aliphatic imine (C=N–C) groups is 1. The van der Waals surface area contributed by atoms with Crippen molar-refractivity contribution >= 4 is 41.3 Å². The molecule has 162 valence electrons. The molecule has 6 nitrogen and oxygen atoms in total. The molecule has 0 amide bonds. The van der Waals surface area contributed by atoms with Gasteiger partial charge in [0.15, 0.2) is 5.96 Å². The Kier molecular flexibility index (Phi) is 13.9. The van der Waals surface area contributed by atoms with Crippen molar-refractivity contribution in [2.24, 2.45) is 4.99 Å². The fourth-order valence-electron chi connectivity index (χ4n) is 2.71. The van der Waals surface area contributed by atoms with Gasteiger partial charge in [-0.25, -0.2) is 4.98 Å². The quantitative estimate of drug-likeness (QED) is 0.190. The van der Waals surface area contributed by atoms with Gasteiger partial charge in [0.1, 0.15) is 5.01 Å². The molecule has 0 spiro atoms. The van der Waals surface area contributed by atoms with Gasteiger partial charge in [-0.2, -0.15) is 0 Å². The van der Waals surface area contributed by atoms with Crippen LogP contribution in [0, 0.1) is 0 Å². The summed E-state index contributed by atoms with van der Waals surface area (Å²) in [4.78, 5) is 11.7. The zero-order valence-electron chi connectivity index (χ0n) is 17.7. The third-order valence-corrected chi connectivity index (χ3v) is 5.17. The summed E-state index contributed by atoms with van der Waals surface area (Å²) in [6, 6.07) is 10.3. The number of nitrogens with zero attached hydrogens (tertiary/aromatic N) is 3. The number of benzene rings is 1. The molecule has 2 N–H and O–H groups in total. The Bertz CT molecular complexity index is 695. The highest BCUT2D eigenvalue weighted by atomic mass is 127.